The Bertz CT molecular complexity index is 1040. The van der Waals surface area contributed by atoms with Crippen LogP contribution in [-0.2, 0) is 10.0 Å². The van der Waals surface area contributed by atoms with Crippen molar-refractivity contribution in [3.63, 3.8) is 0 Å². The third-order valence-electron chi connectivity index (χ3n) is 4.62. The van der Waals surface area contributed by atoms with Crippen molar-refractivity contribution < 1.29 is 8.42 Å². The summed E-state index contributed by atoms with van der Waals surface area (Å²) >= 11 is 1.39. The van der Waals surface area contributed by atoms with Crippen LogP contribution in [0.4, 0.5) is 0 Å². The van der Waals surface area contributed by atoms with Gasteiger partial charge in [0.15, 0.2) is 0 Å². The second-order valence-electron chi connectivity index (χ2n) is 6.51. The Hall–Kier alpha value is -2.29. The Labute approximate surface area is 169 Å². The first-order chi connectivity index (χ1) is 13.6. The molecule has 4 rings (SSSR count). The van der Waals surface area contributed by atoms with Crippen LogP contribution in [0.3, 0.4) is 0 Å². The molecule has 28 heavy (non-hydrogen) atoms. The highest BCUT2D eigenvalue weighted by molar-refractivity contribution is 7.99. The van der Waals surface area contributed by atoms with Crippen molar-refractivity contribution in [3.05, 3.63) is 61.2 Å². The van der Waals surface area contributed by atoms with E-state index < -0.39 is 10.0 Å². The standard InChI is InChI=1S/C20H20N4O2S2/c25-28(26,24-11-5-2-6-12-24)17-9-10-19(22-13-17)27-20-18(14-21-15-23-20)16-7-3-1-4-8-16/h1,3-4,7-10,13-15H,2,5-6,11-12H2. The summed E-state index contributed by atoms with van der Waals surface area (Å²) in [6.45, 7) is 1.17. The van der Waals surface area contributed by atoms with E-state index >= 15 is 0 Å². The van der Waals surface area contributed by atoms with Gasteiger partial charge in [-0.1, -0.05) is 36.8 Å². The second kappa shape index (κ2) is 8.38. The van der Waals surface area contributed by atoms with Gasteiger partial charge in [0.2, 0.25) is 10.0 Å². The quantitative estimate of drug-likeness (QED) is 0.592. The van der Waals surface area contributed by atoms with Crippen molar-refractivity contribution in [3.8, 4) is 11.1 Å². The Morgan fingerprint density at radius 1 is 0.893 bits per heavy atom. The molecule has 3 heterocycles. The maximum absolute atomic E-state index is 12.8. The number of pyridine rings is 1. The van der Waals surface area contributed by atoms with E-state index in [1.54, 1.807) is 22.6 Å². The van der Waals surface area contributed by atoms with Crippen molar-refractivity contribution in [2.45, 2.75) is 34.2 Å². The van der Waals surface area contributed by atoms with Crippen LogP contribution >= 0.6 is 11.8 Å². The highest BCUT2D eigenvalue weighted by atomic mass is 32.2. The molecule has 0 saturated carbocycles. The van der Waals surface area contributed by atoms with E-state index in [4.69, 9.17) is 0 Å². The van der Waals surface area contributed by atoms with Gasteiger partial charge in [-0.15, -0.1) is 0 Å². The number of benzene rings is 1. The fourth-order valence-electron chi connectivity index (χ4n) is 3.15. The Morgan fingerprint density at radius 3 is 2.39 bits per heavy atom. The molecule has 0 aliphatic carbocycles. The van der Waals surface area contributed by atoms with Crippen LogP contribution in [-0.4, -0.2) is 40.8 Å². The van der Waals surface area contributed by atoms with Crippen molar-refractivity contribution in [2.75, 3.05) is 13.1 Å². The monoisotopic (exact) mass is 412 g/mol. The summed E-state index contributed by atoms with van der Waals surface area (Å²) < 4.78 is 27.1. The van der Waals surface area contributed by atoms with Crippen LogP contribution in [0.25, 0.3) is 11.1 Å². The SMILES string of the molecule is O=S(=O)(c1ccc(Sc2ncncc2-c2ccccc2)nc1)N1CCCCC1. The number of hydrogen-bond acceptors (Lipinski definition) is 6. The van der Waals surface area contributed by atoms with Crippen LogP contribution in [0.5, 0.6) is 0 Å². The molecule has 0 unspecified atom stereocenters. The number of piperidine rings is 1. The van der Waals surface area contributed by atoms with E-state index in [0.29, 0.717) is 18.1 Å². The molecule has 2 aromatic heterocycles. The van der Waals surface area contributed by atoms with Gasteiger partial charge in [-0.2, -0.15) is 4.31 Å². The van der Waals surface area contributed by atoms with E-state index in [1.807, 2.05) is 30.3 Å². The largest absolute Gasteiger partial charge is 0.248 e. The highest BCUT2D eigenvalue weighted by Gasteiger charge is 2.26. The third-order valence-corrected chi connectivity index (χ3v) is 7.48. The summed E-state index contributed by atoms with van der Waals surface area (Å²) in [6, 6.07) is 13.3. The van der Waals surface area contributed by atoms with E-state index in [9.17, 15) is 8.42 Å². The molecule has 144 valence electrons. The lowest BCUT2D eigenvalue weighted by Crippen LogP contribution is -2.35. The van der Waals surface area contributed by atoms with Gasteiger partial charge in [0.25, 0.3) is 0 Å². The van der Waals surface area contributed by atoms with Crippen molar-refractivity contribution in [1.29, 1.82) is 0 Å². The van der Waals surface area contributed by atoms with Gasteiger partial charge in [0.1, 0.15) is 21.3 Å². The van der Waals surface area contributed by atoms with Gasteiger partial charge in [-0.3, -0.25) is 0 Å². The number of aromatic nitrogens is 3. The van der Waals surface area contributed by atoms with E-state index in [2.05, 4.69) is 15.0 Å². The van der Waals surface area contributed by atoms with Crippen LogP contribution in [0, 0.1) is 0 Å². The molecule has 1 aliphatic heterocycles. The lowest BCUT2D eigenvalue weighted by Gasteiger charge is -2.25. The average molecular weight is 413 g/mol. The Kier molecular flexibility index (Phi) is 5.70. The number of sulfonamides is 1. The molecule has 0 amide bonds. The van der Waals surface area contributed by atoms with Crippen molar-refractivity contribution >= 4 is 21.8 Å². The zero-order valence-corrected chi connectivity index (χ0v) is 16.9. The normalized spacial score (nSPS) is 15.4. The molecule has 0 N–H and O–H groups in total. The molecule has 6 nitrogen and oxygen atoms in total. The van der Waals surface area contributed by atoms with Gasteiger partial charge in [0.05, 0.1) is 0 Å². The highest BCUT2D eigenvalue weighted by Crippen LogP contribution is 2.33. The zero-order valence-electron chi connectivity index (χ0n) is 15.2. The molecule has 1 fully saturated rings. The topological polar surface area (TPSA) is 76.0 Å². The fourth-order valence-corrected chi connectivity index (χ4v) is 5.43. The number of hydrogen-bond donors (Lipinski definition) is 0. The van der Waals surface area contributed by atoms with Crippen molar-refractivity contribution in [2.24, 2.45) is 0 Å². The molecule has 0 bridgehead atoms. The first kappa shape index (κ1) is 19.0. The third kappa shape index (κ3) is 4.09. The fraction of sp³-hybridized carbons (Fsp3) is 0.250. The maximum Gasteiger partial charge on any atom is 0.244 e. The Balaban J connectivity index is 1.56. The second-order valence-corrected chi connectivity index (χ2v) is 9.45. The molecule has 8 heteroatoms. The molecule has 0 spiro atoms. The number of nitrogens with zero attached hydrogens (tertiary/aromatic N) is 4. The number of rotatable bonds is 5. The lowest BCUT2D eigenvalue weighted by molar-refractivity contribution is 0.346. The van der Waals surface area contributed by atoms with Gasteiger partial charge in [-0.05, 0) is 42.3 Å². The molecular formula is C20H20N4O2S2. The van der Waals surface area contributed by atoms with Crippen molar-refractivity contribution in [1.82, 2.24) is 19.3 Å². The molecule has 1 aromatic carbocycles. The zero-order chi connectivity index (χ0) is 19.4. The minimum absolute atomic E-state index is 0.240. The van der Waals surface area contributed by atoms with E-state index in [-0.39, 0.29) is 4.90 Å². The summed E-state index contributed by atoms with van der Waals surface area (Å²) in [5, 5.41) is 1.47. The molecule has 0 atom stereocenters. The summed E-state index contributed by atoms with van der Waals surface area (Å²) in [5.74, 6) is 0. The van der Waals surface area contributed by atoms with Gasteiger partial charge in [0, 0.05) is 31.0 Å². The average Bonchev–Trinajstić information content (AvgIpc) is 2.76. The molecule has 1 aliphatic rings. The minimum Gasteiger partial charge on any atom is -0.248 e. The molecular weight excluding hydrogens is 392 g/mol. The van der Waals surface area contributed by atoms with Gasteiger partial charge >= 0.3 is 0 Å². The minimum atomic E-state index is -3.47. The summed E-state index contributed by atoms with van der Waals surface area (Å²) in [5.41, 5.74) is 1.94. The van der Waals surface area contributed by atoms with Crippen LogP contribution < -0.4 is 0 Å². The smallest absolute Gasteiger partial charge is 0.244 e. The summed E-state index contributed by atoms with van der Waals surface area (Å²) in [4.78, 5) is 13.1. The van der Waals surface area contributed by atoms with E-state index in [0.717, 1.165) is 35.4 Å². The van der Waals surface area contributed by atoms with E-state index in [1.165, 1.54) is 24.3 Å². The summed E-state index contributed by atoms with van der Waals surface area (Å²) in [6.07, 6.45) is 7.63. The Morgan fingerprint density at radius 2 is 1.68 bits per heavy atom. The van der Waals surface area contributed by atoms with Gasteiger partial charge < -0.3 is 0 Å². The first-order valence-corrected chi connectivity index (χ1v) is 11.4. The van der Waals surface area contributed by atoms with Gasteiger partial charge in [-0.25, -0.2) is 23.4 Å². The lowest BCUT2D eigenvalue weighted by atomic mass is 10.1. The molecule has 1 saturated heterocycles. The van der Waals surface area contributed by atoms with Crippen LogP contribution in [0.15, 0.2) is 76.1 Å². The maximum atomic E-state index is 12.8. The first-order valence-electron chi connectivity index (χ1n) is 9.14. The van der Waals surface area contributed by atoms with Crippen LogP contribution in [0.1, 0.15) is 19.3 Å². The van der Waals surface area contributed by atoms with Crippen LogP contribution in [0.2, 0.25) is 0 Å². The predicted molar refractivity (Wildman–Crippen MR) is 108 cm³/mol. The summed E-state index contributed by atoms with van der Waals surface area (Å²) in [7, 11) is -3.47. The predicted octanol–water partition coefficient (Wildman–Crippen LogP) is 3.86. The molecule has 0 radical (unpaired) electrons. The molecule has 3 aromatic rings.